The van der Waals surface area contributed by atoms with Gasteiger partial charge >= 0.3 is 0 Å². The number of aryl methyl sites for hydroxylation is 1. The van der Waals surface area contributed by atoms with E-state index in [2.05, 4.69) is 20.5 Å². The molecule has 0 aliphatic carbocycles. The van der Waals surface area contributed by atoms with Crippen molar-refractivity contribution in [3.05, 3.63) is 51.3 Å². The number of hydrogen-bond acceptors (Lipinski definition) is 5. The van der Waals surface area contributed by atoms with Crippen LogP contribution in [0.25, 0.3) is 10.9 Å². The van der Waals surface area contributed by atoms with Gasteiger partial charge in [0.2, 0.25) is 10.6 Å². The van der Waals surface area contributed by atoms with Crippen molar-refractivity contribution in [3.63, 3.8) is 0 Å². The number of carbonyl (C=O) groups is 1. The normalized spacial score (nSPS) is 10.7. The van der Waals surface area contributed by atoms with Crippen molar-refractivity contribution < 1.29 is 4.79 Å². The highest BCUT2D eigenvalue weighted by Crippen LogP contribution is 2.14. The number of aromatic nitrogens is 3. The number of fused-ring (bicyclic) bond motifs is 1. The molecule has 0 unspecified atom stereocenters. The molecule has 0 saturated heterocycles. The lowest BCUT2D eigenvalue weighted by molar-refractivity contribution is 0.102. The predicted molar refractivity (Wildman–Crippen MR) is 77.2 cm³/mol. The van der Waals surface area contributed by atoms with Gasteiger partial charge in [-0.1, -0.05) is 23.5 Å². The summed E-state index contributed by atoms with van der Waals surface area (Å²) < 4.78 is 0. The number of rotatable bonds is 2. The number of nitrogens with zero attached hydrogens (tertiary/aromatic N) is 2. The lowest BCUT2D eigenvalue weighted by atomic mass is 10.1. The molecular weight excluding hydrogens is 276 g/mol. The van der Waals surface area contributed by atoms with E-state index in [1.165, 1.54) is 17.5 Å². The number of benzene rings is 1. The van der Waals surface area contributed by atoms with Crippen LogP contribution in [0.3, 0.4) is 0 Å². The lowest BCUT2D eigenvalue weighted by Crippen LogP contribution is -2.21. The molecule has 2 aromatic heterocycles. The number of nitrogens with one attached hydrogen (secondary N) is 2. The van der Waals surface area contributed by atoms with Gasteiger partial charge in [0.15, 0.2) is 0 Å². The Hall–Kier alpha value is -2.54. The van der Waals surface area contributed by atoms with E-state index < -0.39 is 5.91 Å². The van der Waals surface area contributed by atoms with Crippen LogP contribution in [0.2, 0.25) is 0 Å². The van der Waals surface area contributed by atoms with Crippen molar-refractivity contribution in [3.8, 4) is 0 Å². The van der Waals surface area contributed by atoms with Crippen molar-refractivity contribution in [1.29, 1.82) is 0 Å². The summed E-state index contributed by atoms with van der Waals surface area (Å²) in [6, 6.07) is 7.04. The Morgan fingerprint density at radius 2 is 2.10 bits per heavy atom. The fourth-order valence-corrected chi connectivity index (χ4v) is 2.43. The van der Waals surface area contributed by atoms with Crippen LogP contribution in [0.4, 0.5) is 5.13 Å². The molecule has 0 saturated carbocycles. The van der Waals surface area contributed by atoms with Crippen LogP contribution in [0, 0.1) is 6.92 Å². The Balaban J connectivity index is 1.99. The molecule has 2 heterocycles. The highest BCUT2D eigenvalue weighted by molar-refractivity contribution is 7.15. The molecule has 0 radical (unpaired) electrons. The van der Waals surface area contributed by atoms with Crippen LogP contribution in [0.15, 0.2) is 35.3 Å². The van der Waals surface area contributed by atoms with E-state index in [1.807, 2.05) is 6.07 Å². The molecule has 2 N–H and O–H groups in total. The summed E-state index contributed by atoms with van der Waals surface area (Å²) in [7, 11) is 0. The van der Waals surface area contributed by atoms with Gasteiger partial charge in [-0.3, -0.25) is 14.9 Å². The molecule has 0 spiro atoms. The quantitative estimate of drug-likeness (QED) is 0.753. The third kappa shape index (κ3) is 2.19. The van der Waals surface area contributed by atoms with E-state index in [9.17, 15) is 9.59 Å². The van der Waals surface area contributed by atoms with Crippen molar-refractivity contribution >= 4 is 33.3 Å². The summed E-state index contributed by atoms with van der Waals surface area (Å²) in [5.41, 5.74) is 0.440. The van der Waals surface area contributed by atoms with Crippen molar-refractivity contribution in [1.82, 2.24) is 15.2 Å². The fourth-order valence-electron chi connectivity index (χ4n) is 1.85. The number of carbonyl (C=O) groups excluding carboxylic acids is 1. The molecule has 100 valence electrons. The van der Waals surface area contributed by atoms with Gasteiger partial charge in [0.25, 0.3) is 5.91 Å². The predicted octanol–water partition coefficient (Wildman–Crippen LogP) is 1.94. The van der Waals surface area contributed by atoms with Crippen LogP contribution >= 0.6 is 11.3 Å². The summed E-state index contributed by atoms with van der Waals surface area (Å²) in [6.45, 7) is 1.79. The van der Waals surface area contributed by atoms with Gasteiger partial charge in [-0.15, -0.1) is 10.2 Å². The number of pyridine rings is 1. The Labute approximate surface area is 117 Å². The van der Waals surface area contributed by atoms with Gasteiger partial charge in [-0.25, -0.2) is 0 Å². The molecule has 6 nitrogen and oxygen atoms in total. The topological polar surface area (TPSA) is 87.7 Å². The number of para-hydroxylation sites is 1. The van der Waals surface area contributed by atoms with Gasteiger partial charge in [0.05, 0.1) is 0 Å². The molecular formula is C13H10N4O2S. The molecule has 0 bridgehead atoms. The summed E-state index contributed by atoms with van der Waals surface area (Å²) in [6.07, 6.45) is 1.41. The van der Waals surface area contributed by atoms with Crippen molar-refractivity contribution in [2.24, 2.45) is 0 Å². The highest BCUT2D eigenvalue weighted by Gasteiger charge is 2.14. The Morgan fingerprint density at radius 3 is 2.85 bits per heavy atom. The summed E-state index contributed by atoms with van der Waals surface area (Å²) >= 11 is 1.25. The minimum absolute atomic E-state index is 0.0524. The zero-order chi connectivity index (χ0) is 14.1. The van der Waals surface area contributed by atoms with Crippen LogP contribution in [0.5, 0.6) is 0 Å². The standard InChI is InChI=1S/C13H10N4O2S/c1-7-16-17-13(20-7)15-12(19)9-6-14-10-5-3-2-4-8(10)11(9)18/h2-6H,1H3,(H,14,18)(H,15,17,19). The summed E-state index contributed by atoms with van der Waals surface area (Å²) in [5, 5.41) is 11.8. The minimum Gasteiger partial charge on any atom is -0.360 e. The Kier molecular flexibility index (Phi) is 3.03. The average Bonchev–Trinajstić information content (AvgIpc) is 2.84. The van der Waals surface area contributed by atoms with E-state index in [-0.39, 0.29) is 11.0 Å². The van der Waals surface area contributed by atoms with Crippen LogP contribution < -0.4 is 10.7 Å². The Morgan fingerprint density at radius 1 is 1.30 bits per heavy atom. The highest BCUT2D eigenvalue weighted by atomic mass is 32.1. The second-order valence-electron chi connectivity index (χ2n) is 4.16. The van der Waals surface area contributed by atoms with Gasteiger partial charge in [-0.05, 0) is 19.1 Å². The minimum atomic E-state index is -0.492. The molecule has 1 aromatic carbocycles. The lowest BCUT2D eigenvalue weighted by Gasteiger charge is -2.02. The largest absolute Gasteiger partial charge is 0.360 e. The second kappa shape index (κ2) is 4.86. The number of aromatic amines is 1. The molecule has 20 heavy (non-hydrogen) atoms. The molecule has 3 aromatic rings. The van der Waals surface area contributed by atoms with E-state index in [4.69, 9.17) is 0 Å². The monoisotopic (exact) mass is 286 g/mol. The Bertz CT molecular complexity index is 853. The smallest absolute Gasteiger partial charge is 0.262 e. The first kappa shape index (κ1) is 12.5. The molecule has 7 heteroatoms. The van der Waals surface area contributed by atoms with Gasteiger partial charge < -0.3 is 4.98 Å². The van der Waals surface area contributed by atoms with Crippen molar-refractivity contribution in [2.45, 2.75) is 6.92 Å². The maximum atomic E-state index is 12.3. The molecule has 3 rings (SSSR count). The third-order valence-corrected chi connectivity index (χ3v) is 3.53. The van der Waals surface area contributed by atoms with Crippen LogP contribution in [0.1, 0.15) is 15.4 Å². The van der Waals surface area contributed by atoms with Crippen LogP contribution in [-0.2, 0) is 0 Å². The summed E-state index contributed by atoms with van der Waals surface area (Å²) in [4.78, 5) is 27.3. The van der Waals surface area contributed by atoms with Crippen molar-refractivity contribution in [2.75, 3.05) is 5.32 Å². The number of hydrogen-bond donors (Lipinski definition) is 2. The van der Waals surface area contributed by atoms with E-state index in [0.29, 0.717) is 16.0 Å². The average molecular weight is 286 g/mol. The van der Waals surface area contributed by atoms with E-state index >= 15 is 0 Å². The first-order chi connectivity index (χ1) is 9.65. The van der Waals surface area contributed by atoms with E-state index in [1.54, 1.807) is 25.1 Å². The SMILES string of the molecule is Cc1nnc(NC(=O)c2c[nH]c3ccccc3c2=O)s1. The zero-order valence-electron chi connectivity index (χ0n) is 10.5. The first-order valence-corrected chi connectivity index (χ1v) is 6.68. The number of anilines is 1. The first-order valence-electron chi connectivity index (χ1n) is 5.87. The molecule has 0 fully saturated rings. The van der Waals surface area contributed by atoms with Crippen LogP contribution in [-0.4, -0.2) is 21.1 Å². The van der Waals surface area contributed by atoms with E-state index in [0.717, 1.165) is 5.01 Å². The molecule has 0 aliphatic rings. The van der Waals surface area contributed by atoms with Gasteiger partial charge in [0.1, 0.15) is 10.6 Å². The zero-order valence-corrected chi connectivity index (χ0v) is 11.3. The van der Waals surface area contributed by atoms with Gasteiger partial charge in [0, 0.05) is 17.1 Å². The second-order valence-corrected chi connectivity index (χ2v) is 5.34. The fraction of sp³-hybridized carbons (Fsp3) is 0.0769. The molecule has 1 amide bonds. The number of amides is 1. The number of H-pyrrole nitrogens is 1. The molecule has 0 aliphatic heterocycles. The third-order valence-electron chi connectivity index (χ3n) is 2.78. The molecule has 0 atom stereocenters. The van der Waals surface area contributed by atoms with Gasteiger partial charge in [-0.2, -0.15) is 0 Å². The maximum Gasteiger partial charge on any atom is 0.262 e. The summed E-state index contributed by atoms with van der Waals surface area (Å²) in [5.74, 6) is -0.492. The maximum absolute atomic E-state index is 12.3.